The van der Waals surface area contributed by atoms with E-state index >= 15 is 0 Å². The molecular weight excluding hydrogens is 234 g/mol. The third kappa shape index (κ3) is 2.24. The minimum atomic E-state index is -3.04. The third-order valence-corrected chi connectivity index (χ3v) is 5.44. The Morgan fingerprint density at radius 2 is 2.06 bits per heavy atom. The smallest absolute Gasteiger partial charge is 0.178 e. The first-order valence-corrected chi connectivity index (χ1v) is 7.58. The summed E-state index contributed by atoms with van der Waals surface area (Å²) in [6, 6.07) is 5.66. The largest absolute Gasteiger partial charge is 0.330 e. The van der Waals surface area contributed by atoms with E-state index in [1.54, 1.807) is 6.07 Å². The fraction of sp³-hybridized carbons (Fsp3) is 0.538. The van der Waals surface area contributed by atoms with Crippen LogP contribution in [0.2, 0.25) is 0 Å². The van der Waals surface area contributed by atoms with Crippen molar-refractivity contribution in [3.8, 4) is 0 Å². The van der Waals surface area contributed by atoms with Gasteiger partial charge in [-0.1, -0.05) is 26.0 Å². The van der Waals surface area contributed by atoms with Crippen molar-refractivity contribution in [1.82, 2.24) is 0 Å². The Labute approximate surface area is 103 Å². The molecule has 94 valence electrons. The second-order valence-corrected chi connectivity index (χ2v) is 7.41. The molecule has 0 radical (unpaired) electrons. The van der Waals surface area contributed by atoms with Crippen LogP contribution in [-0.4, -0.2) is 20.7 Å². The zero-order chi connectivity index (χ0) is 12.7. The molecular formula is C13H19NO2S. The summed E-state index contributed by atoms with van der Waals surface area (Å²) in [5, 5.41) is 0. The summed E-state index contributed by atoms with van der Waals surface area (Å²) in [6.45, 7) is 4.71. The molecule has 0 aromatic heterocycles. The van der Waals surface area contributed by atoms with Gasteiger partial charge in [0, 0.05) is 12.0 Å². The lowest BCUT2D eigenvalue weighted by molar-refractivity contribution is 0.536. The molecule has 2 N–H and O–H groups in total. The maximum absolute atomic E-state index is 11.9. The van der Waals surface area contributed by atoms with Crippen molar-refractivity contribution in [3.05, 3.63) is 29.3 Å². The Morgan fingerprint density at radius 3 is 2.71 bits per heavy atom. The Kier molecular flexibility index (Phi) is 3.04. The predicted octanol–water partition coefficient (Wildman–Crippen LogP) is 1.64. The van der Waals surface area contributed by atoms with Crippen LogP contribution in [0.1, 0.15) is 31.4 Å². The van der Waals surface area contributed by atoms with Gasteiger partial charge in [0.25, 0.3) is 0 Å². The molecule has 1 aliphatic heterocycles. The number of sulfone groups is 1. The van der Waals surface area contributed by atoms with E-state index in [-0.39, 0.29) is 11.2 Å². The molecule has 1 aromatic carbocycles. The summed E-state index contributed by atoms with van der Waals surface area (Å²) >= 11 is 0. The molecule has 3 nitrogen and oxygen atoms in total. The highest BCUT2D eigenvalue weighted by Gasteiger charge is 2.26. The molecule has 4 heteroatoms. The van der Waals surface area contributed by atoms with Crippen molar-refractivity contribution >= 4 is 9.84 Å². The molecule has 17 heavy (non-hydrogen) atoms. The third-order valence-electron chi connectivity index (χ3n) is 3.55. The first kappa shape index (κ1) is 12.6. The Morgan fingerprint density at radius 1 is 1.35 bits per heavy atom. The molecule has 0 fully saturated rings. The van der Waals surface area contributed by atoms with E-state index in [0.29, 0.717) is 11.4 Å². The van der Waals surface area contributed by atoms with Gasteiger partial charge in [-0.3, -0.25) is 0 Å². The van der Waals surface area contributed by atoms with Crippen molar-refractivity contribution in [2.24, 2.45) is 5.73 Å². The standard InChI is InChI=1S/C13H19NO2S/c1-13(2,9-14)11-5-6-12-10(8-11)4-3-7-17(12,15)16/h5-6,8H,3-4,7,9,14H2,1-2H3. The molecule has 1 heterocycles. The number of rotatable bonds is 2. The van der Waals surface area contributed by atoms with Crippen LogP contribution in [0.3, 0.4) is 0 Å². The molecule has 0 unspecified atom stereocenters. The monoisotopic (exact) mass is 253 g/mol. The summed E-state index contributed by atoms with van der Waals surface area (Å²) in [4.78, 5) is 0.514. The summed E-state index contributed by atoms with van der Waals surface area (Å²) in [5.74, 6) is 0.277. The van der Waals surface area contributed by atoms with Crippen LogP contribution < -0.4 is 5.73 Å². The fourth-order valence-corrected chi connectivity index (χ4v) is 3.76. The quantitative estimate of drug-likeness (QED) is 0.871. The van der Waals surface area contributed by atoms with Gasteiger partial charge >= 0.3 is 0 Å². The molecule has 0 spiro atoms. The molecule has 0 saturated heterocycles. The minimum absolute atomic E-state index is 0.101. The van der Waals surface area contributed by atoms with Crippen LogP contribution in [-0.2, 0) is 21.7 Å². The lowest BCUT2D eigenvalue weighted by Crippen LogP contribution is -2.28. The van der Waals surface area contributed by atoms with Crippen molar-refractivity contribution < 1.29 is 8.42 Å². The van der Waals surface area contributed by atoms with E-state index in [0.717, 1.165) is 24.0 Å². The molecule has 1 aromatic rings. The molecule has 1 aliphatic rings. The molecule has 0 bridgehead atoms. The van der Waals surface area contributed by atoms with E-state index in [1.165, 1.54) is 0 Å². The lowest BCUT2D eigenvalue weighted by atomic mass is 9.84. The van der Waals surface area contributed by atoms with Gasteiger partial charge in [-0.15, -0.1) is 0 Å². The zero-order valence-corrected chi connectivity index (χ0v) is 11.2. The SMILES string of the molecule is CC(C)(CN)c1ccc2c(c1)CCCS2(=O)=O. The van der Waals surface area contributed by atoms with Gasteiger partial charge in [-0.25, -0.2) is 8.42 Å². The highest BCUT2D eigenvalue weighted by molar-refractivity contribution is 7.91. The average molecular weight is 253 g/mol. The zero-order valence-electron chi connectivity index (χ0n) is 10.4. The molecule has 0 amide bonds. The van der Waals surface area contributed by atoms with Gasteiger partial charge in [-0.05, 0) is 30.0 Å². The minimum Gasteiger partial charge on any atom is -0.330 e. The van der Waals surface area contributed by atoms with Crippen LogP contribution in [0.4, 0.5) is 0 Å². The van der Waals surface area contributed by atoms with E-state index in [2.05, 4.69) is 13.8 Å². The van der Waals surface area contributed by atoms with Crippen LogP contribution in [0.15, 0.2) is 23.1 Å². The van der Waals surface area contributed by atoms with Gasteiger partial charge in [0.15, 0.2) is 9.84 Å². The Bertz CT molecular complexity index is 532. The molecule has 0 atom stereocenters. The molecule has 0 aliphatic carbocycles. The molecule has 0 saturated carbocycles. The van der Waals surface area contributed by atoms with Gasteiger partial charge in [0.05, 0.1) is 10.6 Å². The second-order valence-electron chi connectivity index (χ2n) is 5.33. The average Bonchev–Trinajstić information content (AvgIpc) is 2.28. The van der Waals surface area contributed by atoms with Gasteiger partial charge in [-0.2, -0.15) is 0 Å². The molecule has 2 rings (SSSR count). The van der Waals surface area contributed by atoms with E-state index in [9.17, 15) is 8.42 Å². The summed E-state index contributed by atoms with van der Waals surface area (Å²) in [5.41, 5.74) is 7.72. The van der Waals surface area contributed by atoms with E-state index < -0.39 is 9.84 Å². The van der Waals surface area contributed by atoms with Gasteiger partial charge < -0.3 is 5.73 Å². The fourth-order valence-electron chi connectivity index (χ4n) is 2.18. The number of aryl methyl sites for hydroxylation is 1. The summed E-state index contributed by atoms with van der Waals surface area (Å²) in [6.07, 6.45) is 1.57. The van der Waals surface area contributed by atoms with Crippen molar-refractivity contribution in [3.63, 3.8) is 0 Å². The van der Waals surface area contributed by atoms with Crippen molar-refractivity contribution in [1.29, 1.82) is 0 Å². The van der Waals surface area contributed by atoms with Crippen molar-refractivity contribution in [2.45, 2.75) is 37.0 Å². The normalized spacial score (nSPS) is 18.8. The Hall–Kier alpha value is -0.870. The number of nitrogens with two attached hydrogens (primary N) is 1. The number of fused-ring (bicyclic) bond motifs is 1. The lowest BCUT2D eigenvalue weighted by Gasteiger charge is -2.25. The maximum Gasteiger partial charge on any atom is 0.178 e. The maximum atomic E-state index is 11.9. The summed E-state index contributed by atoms with van der Waals surface area (Å²) < 4.78 is 23.8. The van der Waals surface area contributed by atoms with Crippen LogP contribution >= 0.6 is 0 Å². The van der Waals surface area contributed by atoms with Gasteiger partial charge in [0.2, 0.25) is 0 Å². The highest BCUT2D eigenvalue weighted by Crippen LogP contribution is 2.30. The summed E-state index contributed by atoms with van der Waals surface area (Å²) in [7, 11) is -3.04. The highest BCUT2D eigenvalue weighted by atomic mass is 32.2. The van der Waals surface area contributed by atoms with Gasteiger partial charge in [0.1, 0.15) is 0 Å². The Balaban J connectivity index is 2.53. The van der Waals surface area contributed by atoms with Crippen molar-refractivity contribution in [2.75, 3.05) is 12.3 Å². The first-order valence-electron chi connectivity index (χ1n) is 5.93. The van der Waals surface area contributed by atoms with E-state index in [4.69, 9.17) is 5.73 Å². The predicted molar refractivity (Wildman–Crippen MR) is 68.9 cm³/mol. The number of hydrogen-bond acceptors (Lipinski definition) is 3. The topological polar surface area (TPSA) is 60.2 Å². The number of benzene rings is 1. The van der Waals surface area contributed by atoms with E-state index in [1.807, 2.05) is 12.1 Å². The second kappa shape index (κ2) is 4.10. The number of hydrogen-bond donors (Lipinski definition) is 1. The first-order chi connectivity index (χ1) is 7.87. The van der Waals surface area contributed by atoms with Crippen LogP contribution in [0.5, 0.6) is 0 Å². The van der Waals surface area contributed by atoms with Crippen LogP contribution in [0.25, 0.3) is 0 Å². The van der Waals surface area contributed by atoms with Crippen LogP contribution in [0, 0.1) is 0 Å².